The van der Waals surface area contributed by atoms with E-state index in [0.29, 0.717) is 0 Å². The van der Waals surface area contributed by atoms with Crippen molar-refractivity contribution < 1.29 is 0 Å². The Labute approximate surface area is 158 Å². The molecule has 0 atom stereocenters. The molecule has 2 heterocycles. The van der Waals surface area contributed by atoms with Crippen molar-refractivity contribution >= 4 is 27.5 Å². The van der Waals surface area contributed by atoms with Gasteiger partial charge < -0.3 is 4.98 Å². The Morgan fingerprint density at radius 3 is 2.63 bits per heavy atom. The number of hydrogen-bond donors (Lipinski definition) is 2. The summed E-state index contributed by atoms with van der Waals surface area (Å²) in [5.41, 5.74) is 8.53. The molecule has 4 rings (SSSR count). The van der Waals surface area contributed by atoms with E-state index in [2.05, 4.69) is 66.8 Å². The highest BCUT2D eigenvalue weighted by Gasteiger charge is 2.14. The molecule has 0 fully saturated rings. The lowest BCUT2D eigenvalue weighted by Crippen LogP contribution is -1.90. The first-order chi connectivity index (χ1) is 13.1. The summed E-state index contributed by atoms with van der Waals surface area (Å²) in [7, 11) is 0. The third kappa shape index (κ3) is 2.89. The van der Waals surface area contributed by atoms with Gasteiger partial charge in [-0.2, -0.15) is 5.10 Å². The minimum absolute atomic E-state index is 0.774. The third-order valence-corrected chi connectivity index (χ3v) is 5.08. The monoisotopic (exact) mass is 354 g/mol. The zero-order valence-electron chi connectivity index (χ0n) is 15.8. The Morgan fingerprint density at radius 2 is 1.89 bits per heavy atom. The van der Waals surface area contributed by atoms with E-state index >= 15 is 0 Å². The Hall–Kier alpha value is -3.40. The van der Waals surface area contributed by atoms with Crippen molar-refractivity contribution in [2.45, 2.75) is 20.8 Å². The van der Waals surface area contributed by atoms with Gasteiger partial charge in [0.2, 0.25) is 0 Å². The van der Waals surface area contributed by atoms with Gasteiger partial charge in [-0.25, -0.2) is 4.98 Å². The first-order valence-corrected chi connectivity index (χ1v) is 9.02. The first kappa shape index (κ1) is 17.0. The fourth-order valence-corrected chi connectivity index (χ4v) is 3.39. The Bertz CT molecular complexity index is 1180. The number of aromatic nitrogens is 4. The molecule has 0 unspecified atom stereocenters. The predicted octanol–water partition coefficient (Wildman–Crippen LogP) is 6.03. The number of H-pyrrole nitrogens is 2. The molecule has 134 valence electrons. The molecule has 0 bridgehead atoms. The highest BCUT2D eigenvalue weighted by Crippen LogP contribution is 2.31. The second-order valence-corrected chi connectivity index (χ2v) is 6.65. The SMILES string of the molecule is C=C/C(C)=C(C)\C(=C/C)c1ccc2[nH]nc(-c3nc4ccccc4[nH]3)c2c1. The molecular weight excluding hydrogens is 332 g/mol. The second-order valence-electron chi connectivity index (χ2n) is 6.65. The van der Waals surface area contributed by atoms with E-state index in [-0.39, 0.29) is 0 Å². The minimum Gasteiger partial charge on any atom is -0.337 e. The quantitative estimate of drug-likeness (QED) is 0.439. The van der Waals surface area contributed by atoms with E-state index in [1.165, 1.54) is 16.7 Å². The minimum atomic E-state index is 0.774. The van der Waals surface area contributed by atoms with Crippen molar-refractivity contribution in [2.75, 3.05) is 0 Å². The number of para-hydroxylation sites is 2. The van der Waals surface area contributed by atoms with E-state index in [0.717, 1.165) is 39.0 Å². The summed E-state index contributed by atoms with van der Waals surface area (Å²) in [5.74, 6) is 0.774. The maximum Gasteiger partial charge on any atom is 0.159 e. The largest absolute Gasteiger partial charge is 0.337 e. The maximum absolute atomic E-state index is 4.70. The van der Waals surface area contributed by atoms with Crippen LogP contribution in [0.5, 0.6) is 0 Å². The molecule has 2 N–H and O–H groups in total. The molecule has 4 nitrogen and oxygen atoms in total. The zero-order chi connectivity index (χ0) is 19.0. The summed E-state index contributed by atoms with van der Waals surface area (Å²) in [6.45, 7) is 10.2. The molecule has 4 heteroatoms. The molecule has 0 aliphatic heterocycles. The van der Waals surface area contributed by atoms with Crippen LogP contribution in [0, 0.1) is 0 Å². The van der Waals surface area contributed by atoms with Crippen molar-refractivity contribution in [3.8, 4) is 11.5 Å². The van der Waals surface area contributed by atoms with E-state index in [1.807, 2.05) is 30.3 Å². The number of imidazole rings is 1. The average Bonchev–Trinajstić information content (AvgIpc) is 3.31. The molecule has 4 aromatic rings. The highest BCUT2D eigenvalue weighted by atomic mass is 15.1. The second kappa shape index (κ2) is 6.72. The van der Waals surface area contributed by atoms with E-state index in [1.54, 1.807) is 0 Å². The average molecular weight is 354 g/mol. The molecule has 0 aliphatic carbocycles. The molecular formula is C23H22N4. The number of fused-ring (bicyclic) bond motifs is 2. The van der Waals surface area contributed by atoms with E-state index in [4.69, 9.17) is 4.98 Å². The maximum atomic E-state index is 4.70. The number of benzene rings is 2. The number of rotatable bonds is 4. The van der Waals surface area contributed by atoms with Gasteiger partial charge in [0.25, 0.3) is 0 Å². The van der Waals surface area contributed by atoms with Gasteiger partial charge in [0.15, 0.2) is 5.82 Å². The van der Waals surface area contributed by atoms with Crippen molar-refractivity contribution in [1.82, 2.24) is 20.2 Å². The summed E-state index contributed by atoms with van der Waals surface area (Å²) in [6.07, 6.45) is 4.04. The van der Waals surface area contributed by atoms with Gasteiger partial charge in [0.05, 0.1) is 16.6 Å². The number of hydrogen-bond acceptors (Lipinski definition) is 2. The van der Waals surface area contributed by atoms with Gasteiger partial charge in [0.1, 0.15) is 5.69 Å². The fraction of sp³-hybridized carbons (Fsp3) is 0.130. The Balaban J connectivity index is 1.87. The third-order valence-electron chi connectivity index (χ3n) is 5.08. The van der Waals surface area contributed by atoms with Crippen molar-refractivity contribution in [1.29, 1.82) is 0 Å². The van der Waals surface area contributed by atoms with Gasteiger partial charge in [0, 0.05) is 5.39 Å². The number of allylic oxidation sites excluding steroid dienone is 5. The molecule has 0 amide bonds. The standard InChI is InChI=1S/C23H22N4/c1-5-14(3)15(4)17(6-2)16-11-12-19-18(13-16)22(27-26-19)23-24-20-9-7-8-10-21(20)25-23/h5-13H,1H2,2-4H3,(H,24,25)(H,26,27)/b15-14-,17-6+. The summed E-state index contributed by atoms with van der Waals surface area (Å²) >= 11 is 0. The van der Waals surface area contributed by atoms with E-state index < -0.39 is 0 Å². The van der Waals surface area contributed by atoms with Crippen LogP contribution < -0.4 is 0 Å². The highest BCUT2D eigenvalue weighted by molar-refractivity contribution is 5.96. The van der Waals surface area contributed by atoms with Crippen LogP contribution in [0.4, 0.5) is 0 Å². The smallest absolute Gasteiger partial charge is 0.159 e. The number of nitrogens with one attached hydrogen (secondary N) is 2. The lowest BCUT2D eigenvalue weighted by atomic mass is 9.94. The van der Waals surface area contributed by atoms with Crippen molar-refractivity contribution in [3.05, 3.63) is 77.9 Å². The van der Waals surface area contributed by atoms with Crippen LogP contribution in [0.15, 0.2) is 72.3 Å². The predicted molar refractivity (Wildman–Crippen MR) is 113 cm³/mol. The lowest BCUT2D eigenvalue weighted by molar-refractivity contribution is 1.11. The van der Waals surface area contributed by atoms with Gasteiger partial charge in [-0.05, 0) is 67.3 Å². The molecule has 0 saturated carbocycles. The Morgan fingerprint density at radius 1 is 1.07 bits per heavy atom. The normalized spacial score (nSPS) is 13.2. The zero-order valence-corrected chi connectivity index (χ0v) is 15.8. The molecule has 0 aliphatic rings. The topological polar surface area (TPSA) is 57.4 Å². The van der Waals surface area contributed by atoms with Crippen LogP contribution in [-0.2, 0) is 0 Å². The van der Waals surface area contributed by atoms with Crippen LogP contribution in [0.2, 0.25) is 0 Å². The van der Waals surface area contributed by atoms with Crippen LogP contribution in [0.3, 0.4) is 0 Å². The van der Waals surface area contributed by atoms with E-state index in [9.17, 15) is 0 Å². The molecule has 27 heavy (non-hydrogen) atoms. The molecule has 2 aromatic carbocycles. The summed E-state index contributed by atoms with van der Waals surface area (Å²) in [6, 6.07) is 14.4. The molecule has 0 saturated heterocycles. The fourth-order valence-electron chi connectivity index (χ4n) is 3.39. The van der Waals surface area contributed by atoms with Crippen LogP contribution in [0.25, 0.3) is 39.0 Å². The summed E-state index contributed by atoms with van der Waals surface area (Å²) in [5, 5.41) is 8.69. The molecule has 0 spiro atoms. The molecule has 0 radical (unpaired) electrons. The summed E-state index contributed by atoms with van der Waals surface area (Å²) < 4.78 is 0. The van der Waals surface area contributed by atoms with Crippen LogP contribution in [0.1, 0.15) is 26.3 Å². The van der Waals surface area contributed by atoms with Crippen LogP contribution >= 0.6 is 0 Å². The lowest BCUT2D eigenvalue weighted by Gasteiger charge is -2.11. The van der Waals surface area contributed by atoms with Gasteiger partial charge >= 0.3 is 0 Å². The van der Waals surface area contributed by atoms with Gasteiger partial charge in [-0.3, -0.25) is 5.10 Å². The number of aromatic amines is 2. The van der Waals surface area contributed by atoms with Crippen LogP contribution in [-0.4, -0.2) is 20.2 Å². The Kier molecular flexibility index (Phi) is 4.24. The van der Waals surface area contributed by atoms with Gasteiger partial charge in [-0.1, -0.05) is 36.9 Å². The van der Waals surface area contributed by atoms with Gasteiger partial charge in [-0.15, -0.1) is 0 Å². The number of nitrogens with zero attached hydrogens (tertiary/aromatic N) is 2. The first-order valence-electron chi connectivity index (χ1n) is 9.02. The van der Waals surface area contributed by atoms with Crippen molar-refractivity contribution in [2.24, 2.45) is 0 Å². The summed E-state index contributed by atoms with van der Waals surface area (Å²) in [4.78, 5) is 8.07. The molecule has 2 aromatic heterocycles. The van der Waals surface area contributed by atoms with Crippen molar-refractivity contribution in [3.63, 3.8) is 0 Å².